The molecule has 1 saturated heterocycles. The maximum Gasteiger partial charge on any atom is 0.253 e. The van der Waals surface area contributed by atoms with Crippen LogP contribution in [0, 0.1) is 0 Å². The summed E-state index contributed by atoms with van der Waals surface area (Å²) in [5.41, 5.74) is 8.95. The molecule has 1 fully saturated rings. The third-order valence-electron chi connectivity index (χ3n) is 4.74. The number of amides is 2. The second-order valence-electron chi connectivity index (χ2n) is 6.68. The standard InChI is InChI=1S/C21H25N3O2/c22-19-7-3-2-6-16(19)10-13-20(25)23-18-11-8-17(9-12-18)21(26)24-14-4-1-5-15-24/h2-3,6-9,11-12H,1,4-5,10,13-15,22H2,(H,23,25). The summed E-state index contributed by atoms with van der Waals surface area (Å²) in [4.78, 5) is 26.5. The number of carbonyl (C=O) groups excluding carboxylic acids is 2. The lowest BCUT2D eigenvalue weighted by Gasteiger charge is -2.26. The van der Waals surface area contributed by atoms with Crippen molar-refractivity contribution in [3.63, 3.8) is 0 Å². The minimum absolute atomic E-state index is 0.0663. The summed E-state index contributed by atoms with van der Waals surface area (Å²) in [7, 11) is 0. The Kier molecular flexibility index (Phi) is 5.89. The van der Waals surface area contributed by atoms with Crippen molar-refractivity contribution in [2.75, 3.05) is 24.1 Å². The van der Waals surface area contributed by atoms with E-state index in [2.05, 4.69) is 5.32 Å². The molecular weight excluding hydrogens is 326 g/mol. The van der Waals surface area contributed by atoms with Crippen LogP contribution < -0.4 is 11.1 Å². The highest BCUT2D eigenvalue weighted by Gasteiger charge is 2.18. The highest BCUT2D eigenvalue weighted by Crippen LogP contribution is 2.17. The van der Waals surface area contributed by atoms with Crippen LogP contribution in [0.3, 0.4) is 0 Å². The molecule has 0 bridgehead atoms. The number of hydrogen-bond acceptors (Lipinski definition) is 3. The van der Waals surface area contributed by atoms with E-state index in [1.54, 1.807) is 24.3 Å². The van der Waals surface area contributed by atoms with Gasteiger partial charge in [-0.2, -0.15) is 0 Å². The summed E-state index contributed by atoms with van der Waals surface area (Å²) >= 11 is 0. The predicted octanol–water partition coefficient (Wildman–Crippen LogP) is 3.47. The molecule has 5 heteroatoms. The summed E-state index contributed by atoms with van der Waals surface area (Å²) in [6.07, 6.45) is 4.31. The van der Waals surface area contributed by atoms with Crippen LogP contribution in [0.25, 0.3) is 0 Å². The third-order valence-corrected chi connectivity index (χ3v) is 4.74. The smallest absolute Gasteiger partial charge is 0.253 e. The Labute approximate surface area is 154 Å². The van der Waals surface area contributed by atoms with Crippen molar-refractivity contribution in [3.05, 3.63) is 59.7 Å². The molecule has 0 radical (unpaired) electrons. The summed E-state index contributed by atoms with van der Waals surface area (Å²) in [6.45, 7) is 1.67. The Morgan fingerprint density at radius 3 is 2.35 bits per heavy atom. The molecule has 3 rings (SSSR count). The fourth-order valence-corrected chi connectivity index (χ4v) is 3.21. The highest BCUT2D eigenvalue weighted by atomic mass is 16.2. The van der Waals surface area contributed by atoms with E-state index in [0.717, 1.165) is 31.5 Å². The number of nitrogen functional groups attached to an aromatic ring is 1. The lowest BCUT2D eigenvalue weighted by Crippen LogP contribution is -2.35. The van der Waals surface area contributed by atoms with Gasteiger partial charge in [-0.05, 0) is 61.6 Å². The molecule has 0 aromatic heterocycles. The largest absolute Gasteiger partial charge is 0.399 e. The lowest BCUT2D eigenvalue weighted by molar-refractivity contribution is -0.116. The van der Waals surface area contributed by atoms with Gasteiger partial charge < -0.3 is 16.0 Å². The number of benzene rings is 2. The second kappa shape index (κ2) is 8.52. The fraction of sp³-hybridized carbons (Fsp3) is 0.333. The highest BCUT2D eigenvalue weighted by molar-refractivity contribution is 5.96. The van der Waals surface area contributed by atoms with Gasteiger partial charge in [0, 0.05) is 36.4 Å². The molecule has 136 valence electrons. The van der Waals surface area contributed by atoms with Crippen LogP contribution in [-0.4, -0.2) is 29.8 Å². The van der Waals surface area contributed by atoms with Crippen LogP contribution in [0.4, 0.5) is 11.4 Å². The van der Waals surface area contributed by atoms with E-state index >= 15 is 0 Å². The molecule has 0 aliphatic carbocycles. The number of aryl methyl sites for hydroxylation is 1. The van der Waals surface area contributed by atoms with E-state index in [9.17, 15) is 9.59 Å². The average molecular weight is 351 g/mol. The molecular formula is C21H25N3O2. The van der Waals surface area contributed by atoms with E-state index < -0.39 is 0 Å². The molecule has 0 spiro atoms. The summed E-state index contributed by atoms with van der Waals surface area (Å²) in [6, 6.07) is 14.7. The predicted molar refractivity (Wildman–Crippen MR) is 104 cm³/mol. The number of nitrogens with zero attached hydrogens (tertiary/aromatic N) is 1. The van der Waals surface area contributed by atoms with Gasteiger partial charge in [0.25, 0.3) is 5.91 Å². The molecule has 2 aromatic carbocycles. The molecule has 3 N–H and O–H groups in total. The number of likely N-dealkylation sites (tertiary alicyclic amines) is 1. The molecule has 1 aliphatic heterocycles. The Morgan fingerprint density at radius 2 is 1.65 bits per heavy atom. The number of rotatable bonds is 5. The molecule has 2 aromatic rings. The van der Waals surface area contributed by atoms with Crippen molar-refractivity contribution >= 4 is 23.2 Å². The van der Waals surface area contributed by atoms with Gasteiger partial charge in [0.2, 0.25) is 5.91 Å². The molecule has 0 atom stereocenters. The first-order valence-corrected chi connectivity index (χ1v) is 9.16. The first kappa shape index (κ1) is 18.0. The zero-order valence-corrected chi connectivity index (χ0v) is 14.9. The van der Waals surface area contributed by atoms with Gasteiger partial charge in [-0.25, -0.2) is 0 Å². The number of carbonyl (C=O) groups is 2. The summed E-state index contributed by atoms with van der Waals surface area (Å²) < 4.78 is 0. The topological polar surface area (TPSA) is 75.4 Å². The third kappa shape index (κ3) is 4.63. The Bertz CT molecular complexity index is 765. The van der Waals surface area contributed by atoms with Crippen LogP contribution in [0.5, 0.6) is 0 Å². The molecule has 1 aliphatic rings. The van der Waals surface area contributed by atoms with E-state index in [4.69, 9.17) is 5.73 Å². The fourth-order valence-electron chi connectivity index (χ4n) is 3.21. The first-order valence-electron chi connectivity index (χ1n) is 9.16. The molecule has 5 nitrogen and oxygen atoms in total. The van der Waals surface area contributed by atoms with Gasteiger partial charge in [-0.1, -0.05) is 18.2 Å². The van der Waals surface area contributed by atoms with Crippen molar-refractivity contribution in [1.82, 2.24) is 4.90 Å². The van der Waals surface area contributed by atoms with Gasteiger partial charge in [-0.15, -0.1) is 0 Å². The summed E-state index contributed by atoms with van der Waals surface area (Å²) in [5, 5.41) is 2.87. The quantitative estimate of drug-likeness (QED) is 0.810. The molecule has 2 amide bonds. The van der Waals surface area contributed by atoms with Crippen molar-refractivity contribution in [2.24, 2.45) is 0 Å². The Morgan fingerprint density at radius 1 is 0.962 bits per heavy atom. The monoisotopic (exact) mass is 351 g/mol. The zero-order valence-electron chi connectivity index (χ0n) is 14.9. The lowest BCUT2D eigenvalue weighted by atomic mass is 10.1. The first-order chi connectivity index (χ1) is 12.6. The number of nitrogens with two attached hydrogens (primary N) is 1. The number of para-hydroxylation sites is 1. The van der Waals surface area contributed by atoms with Crippen LogP contribution in [-0.2, 0) is 11.2 Å². The van der Waals surface area contributed by atoms with E-state index in [1.165, 1.54) is 6.42 Å². The van der Waals surface area contributed by atoms with Crippen LogP contribution in [0.1, 0.15) is 41.6 Å². The maximum atomic E-state index is 12.5. The number of anilines is 2. The normalized spacial score (nSPS) is 14.1. The van der Waals surface area contributed by atoms with Gasteiger partial charge >= 0.3 is 0 Å². The Hall–Kier alpha value is -2.82. The summed E-state index contributed by atoms with van der Waals surface area (Å²) in [5.74, 6) is 0.00508. The van der Waals surface area contributed by atoms with Crippen molar-refractivity contribution in [1.29, 1.82) is 0 Å². The SMILES string of the molecule is Nc1ccccc1CCC(=O)Nc1ccc(C(=O)N2CCCCC2)cc1. The Balaban J connectivity index is 1.52. The molecule has 0 unspecified atom stereocenters. The van der Waals surface area contributed by atoms with Crippen molar-refractivity contribution in [2.45, 2.75) is 32.1 Å². The maximum absolute atomic E-state index is 12.5. The van der Waals surface area contributed by atoms with E-state index in [0.29, 0.717) is 29.8 Å². The number of piperidine rings is 1. The molecule has 1 heterocycles. The molecule has 26 heavy (non-hydrogen) atoms. The van der Waals surface area contributed by atoms with Gasteiger partial charge in [0.1, 0.15) is 0 Å². The van der Waals surface area contributed by atoms with Gasteiger partial charge in [0.05, 0.1) is 0 Å². The second-order valence-corrected chi connectivity index (χ2v) is 6.68. The van der Waals surface area contributed by atoms with Gasteiger partial charge in [0.15, 0.2) is 0 Å². The van der Waals surface area contributed by atoms with E-state index in [1.807, 2.05) is 29.2 Å². The van der Waals surface area contributed by atoms with E-state index in [-0.39, 0.29) is 11.8 Å². The minimum atomic E-state index is -0.0663. The van der Waals surface area contributed by atoms with Crippen molar-refractivity contribution < 1.29 is 9.59 Å². The van der Waals surface area contributed by atoms with Gasteiger partial charge in [-0.3, -0.25) is 9.59 Å². The average Bonchev–Trinajstić information content (AvgIpc) is 2.68. The zero-order chi connectivity index (χ0) is 18.4. The van der Waals surface area contributed by atoms with Crippen LogP contribution in [0.2, 0.25) is 0 Å². The number of hydrogen-bond donors (Lipinski definition) is 2. The minimum Gasteiger partial charge on any atom is -0.399 e. The number of nitrogens with one attached hydrogen (secondary N) is 1. The van der Waals surface area contributed by atoms with Crippen LogP contribution >= 0.6 is 0 Å². The van der Waals surface area contributed by atoms with Crippen molar-refractivity contribution in [3.8, 4) is 0 Å². The molecule has 0 saturated carbocycles. The van der Waals surface area contributed by atoms with Crippen LogP contribution in [0.15, 0.2) is 48.5 Å².